The van der Waals surface area contributed by atoms with Gasteiger partial charge in [0.05, 0.1) is 12.2 Å². The minimum Gasteiger partial charge on any atom is -0.460 e. The van der Waals surface area contributed by atoms with Crippen LogP contribution in [0, 0.1) is 52.3 Å². The van der Waals surface area contributed by atoms with Crippen LogP contribution in [-0.4, -0.2) is 54.6 Å². The van der Waals surface area contributed by atoms with Gasteiger partial charge in [-0.2, -0.15) is 8.42 Å². The highest BCUT2D eigenvalue weighted by Crippen LogP contribution is 2.68. The molecular formula is C30H48O8S. The second-order valence-corrected chi connectivity index (χ2v) is 15.3. The van der Waals surface area contributed by atoms with E-state index in [0.29, 0.717) is 54.6 Å². The van der Waals surface area contributed by atoms with Gasteiger partial charge in [0.25, 0.3) is 0 Å². The predicted octanol–water partition coefficient (Wildman–Crippen LogP) is 4.96. The number of ether oxygens (including phenoxy) is 2. The molecule has 2 N–H and O–H groups in total. The fourth-order valence-corrected chi connectivity index (χ4v) is 10.2. The quantitative estimate of drug-likeness (QED) is 0.191. The van der Waals surface area contributed by atoms with Gasteiger partial charge in [-0.05, 0) is 90.8 Å². The molecule has 13 atom stereocenters. The molecule has 1 aliphatic heterocycles. The minimum absolute atomic E-state index is 0.173. The van der Waals surface area contributed by atoms with Crippen LogP contribution in [0.25, 0.3) is 0 Å². The summed E-state index contributed by atoms with van der Waals surface area (Å²) < 4.78 is 50.0. The SMILES string of the molecule is CC(=O)O[C@@H]1C[C@]2(C)[C@H]3CC[C@]4(C)[C@@H]([C@H](C)[C@@H]5O[C@H]5[C@H](C)C(C)C)CC[C@H]4C3=CC[C@H]2[C@H](OS(=O)(=O)O)[C@H]1O. The normalized spacial score (nSPS) is 46.9. The highest BCUT2D eigenvalue weighted by molar-refractivity contribution is 7.80. The van der Waals surface area contributed by atoms with Gasteiger partial charge in [0.15, 0.2) is 0 Å². The Kier molecular flexibility index (Phi) is 7.62. The fourth-order valence-electron chi connectivity index (χ4n) is 9.67. The van der Waals surface area contributed by atoms with E-state index in [0.717, 1.165) is 19.3 Å². The van der Waals surface area contributed by atoms with E-state index in [1.165, 1.54) is 18.9 Å². The Labute approximate surface area is 234 Å². The molecule has 0 spiro atoms. The summed E-state index contributed by atoms with van der Waals surface area (Å²) in [6.07, 6.45) is 4.88. The number of aliphatic hydroxyl groups is 1. The Hall–Kier alpha value is -1.00. The number of esters is 1. The molecule has 4 aliphatic carbocycles. The van der Waals surface area contributed by atoms with Crippen molar-refractivity contribution in [2.24, 2.45) is 52.3 Å². The summed E-state index contributed by atoms with van der Waals surface area (Å²) in [6, 6.07) is 0. The average Bonchev–Trinajstić information content (AvgIpc) is 3.54. The van der Waals surface area contributed by atoms with Crippen LogP contribution in [0.4, 0.5) is 0 Å². The molecule has 0 aromatic carbocycles. The Bertz CT molecular complexity index is 1100. The molecule has 0 unspecified atom stereocenters. The van der Waals surface area contributed by atoms with E-state index in [1.54, 1.807) is 0 Å². The van der Waals surface area contributed by atoms with Crippen LogP contribution in [0.1, 0.15) is 87.0 Å². The Morgan fingerprint density at radius 3 is 2.36 bits per heavy atom. The molecule has 0 aromatic rings. The van der Waals surface area contributed by atoms with E-state index >= 15 is 0 Å². The summed E-state index contributed by atoms with van der Waals surface area (Å²) in [6.45, 7) is 15.1. The van der Waals surface area contributed by atoms with Gasteiger partial charge < -0.3 is 14.6 Å². The molecule has 4 fully saturated rings. The molecule has 222 valence electrons. The van der Waals surface area contributed by atoms with Crippen LogP contribution in [0.2, 0.25) is 0 Å². The van der Waals surface area contributed by atoms with Gasteiger partial charge in [-0.3, -0.25) is 9.35 Å². The van der Waals surface area contributed by atoms with Crippen LogP contribution in [0.15, 0.2) is 11.6 Å². The molecule has 1 saturated heterocycles. The van der Waals surface area contributed by atoms with E-state index in [1.807, 2.05) is 0 Å². The third-order valence-electron chi connectivity index (χ3n) is 12.0. The summed E-state index contributed by atoms with van der Waals surface area (Å²) in [4.78, 5) is 11.9. The van der Waals surface area contributed by atoms with Gasteiger partial charge >= 0.3 is 16.4 Å². The summed E-state index contributed by atoms with van der Waals surface area (Å²) >= 11 is 0. The number of hydrogen-bond acceptors (Lipinski definition) is 7. The lowest BCUT2D eigenvalue weighted by Crippen LogP contribution is -2.61. The van der Waals surface area contributed by atoms with Crippen molar-refractivity contribution in [3.63, 3.8) is 0 Å². The van der Waals surface area contributed by atoms with Crippen molar-refractivity contribution < 1.29 is 36.5 Å². The number of allylic oxidation sites excluding steroid dienone is 2. The van der Waals surface area contributed by atoms with Crippen LogP contribution >= 0.6 is 0 Å². The van der Waals surface area contributed by atoms with E-state index in [2.05, 4.69) is 47.6 Å². The zero-order valence-corrected chi connectivity index (χ0v) is 25.3. The molecule has 9 heteroatoms. The van der Waals surface area contributed by atoms with Crippen molar-refractivity contribution in [2.75, 3.05) is 0 Å². The summed E-state index contributed by atoms with van der Waals surface area (Å²) in [5, 5.41) is 11.0. The monoisotopic (exact) mass is 568 g/mol. The number of carbonyl (C=O) groups is 1. The maximum Gasteiger partial charge on any atom is 0.397 e. The van der Waals surface area contributed by atoms with E-state index < -0.39 is 40.1 Å². The molecular weight excluding hydrogens is 520 g/mol. The van der Waals surface area contributed by atoms with Crippen molar-refractivity contribution >= 4 is 16.4 Å². The smallest absolute Gasteiger partial charge is 0.397 e. The molecule has 0 aromatic heterocycles. The average molecular weight is 569 g/mol. The molecule has 0 radical (unpaired) electrons. The Morgan fingerprint density at radius 1 is 1.08 bits per heavy atom. The largest absolute Gasteiger partial charge is 0.460 e. The van der Waals surface area contributed by atoms with Gasteiger partial charge in [0.1, 0.15) is 18.3 Å². The van der Waals surface area contributed by atoms with Gasteiger partial charge in [0.2, 0.25) is 0 Å². The van der Waals surface area contributed by atoms with Crippen LogP contribution in [0.5, 0.6) is 0 Å². The Balaban J connectivity index is 1.41. The van der Waals surface area contributed by atoms with Gasteiger partial charge in [0, 0.05) is 6.92 Å². The van der Waals surface area contributed by atoms with Crippen molar-refractivity contribution in [2.45, 2.75) is 118 Å². The van der Waals surface area contributed by atoms with Crippen LogP contribution in [0.3, 0.4) is 0 Å². The summed E-state index contributed by atoms with van der Waals surface area (Å²) in [5.74, 6) is 2.01. The van der Waals surface area contributed by atoms with Crippen molar-refractivity contribution in [3.8, 4) is 0 Å². The number of rotatable bonds is 7. The second kappa shape index (κ2) is 10.1. The topological polar surface area (TPSA) is 123 Å². The molecule has 0 amide bonds. The Morgan fingerprint density at radius 2 is 1.74 bits per heavy atom. The first-order valence-electron chi connectivity index (χ1n) is 14.9. The van der Waals surface area contributed by atoms with Gasteiger partial charge in [-0.15, -0.1) is 0 Å². The molecule has 5 aliphatic rings. The highest BCUT2D eigenvalue weighted by Gasteiger charge is 2.63. The van der Waals surface area contributed by atoms with E-state index in [-0.39, 0.29) is 17.3 Å². The molecule has 39 heavy (non-hydrogen) atoms. The van der Waals surface area contributed by atoms with Gasteiger partial charge in [-0.25, -0.2) is 4.18 Å². The van der Waals surface area contributed by atoms with Gasteiger partial charge in [-0.1, -0.05) is 53.2 Å². The summed E-state index contributed by atoms with van der Waals surface area (Å²) in [7, 11) is -4.81. The molecule has 8 nitrogen and oxygen atoms in total. The zero-order chi connectivity index (χ0) is 28.7. The lowest BCUT2D eigenvalue weighted by atomic mass is 9.47. The zero-order valence-electron chi connectivity index (χ0n) is 24.5. The molecule has 1 heterocycles. The van der Waals surface area contributed by atoms with Crippen molar-refractivity contribution in [1.82, 2.24) is 0 Å². The standard InChI is InChI=1S/C30H48O8S/c1-15(2)16(3)26-27(37-26)17(4)20-10-11-21-19-8-9-23-28(38-39(33,34)35)25(32)24(36-18(5)31)14-30(23,7)22(19)12-13-29(20,21)6/h8,15-17,20-28,32H,9-14H2,1-7H3,(H,33,34,35)/t16-,17+,20-,21+,22+,23+,24-,25+,26+,27+,28+,29-,30-/m1/s1. The number of epoxide rings is 1. The first-order chi connectivity index (χ1) is 18.1. The third kappa shape index (κ3) is 5.02. The van der Waals surface area contributed by atoms with Crippen molar-refractivity contribution in [3.05, 3.63) is 11.6 Å². The number of fused-ring (bicyclic) bond motifs is 5. The maximum atomic E-state index is 11.9. The second-order valence-electron chi connectivity index (χ2n) is 14.2. The van der Waals surface area contributed by atoms with Crippen LogP contribution in [-0.2, 0) is 28.9 Å². The third-order valence-corrected chi connectivity index (χ3v) is 12.5. The minimum atomic E-state index is -4.81. The maximum absolute atomic E-state index is 11.9. The fraction of sp³-hybridized carbons (Fsp3) is 0.900. The lowest BCUT2D eigenvalue weighted by molar-refractivity contribution is -0.189. The number of hydrogen-bond donors (Lipinski definition) is 2. The van der Waals surface area contributed by atoms with E-state index in [4.69, 9.17) is 13.7 Å². The number of carbonyl (C=O) groups excluding carboxylic acids is 1. The molecule has 3 saturated carbocycles. The predicted molar refractivity (Wildman–Crippen MR) is 146 cm³/mol. The number of aliphatic hydroxyl groups excluding tert-OH is 1. The summed E-state index contributed by atoms with van der Waals surface area (Å²) in [5.41, 5.74) is 1.18. The van der Waals surface area contributed by atoms with Crippen LogP contribution < -0.4 is 0 Å². The molecule has 0 bridgehead atoms. The molecule has 5 rings (SSSR count). The highest BCUT2D eigenvalue weighted by atomic mass is 32.3. The first-order valence-corrected chi connectivity index (χ1v) is 16.3. The van der Waals surface area contributed by atoms with E-state index in [9.17, 15) is 22.9 Å². The van der Waals surface area contributed by atoms with Crippen molar-refractivity contribution in [1.29, 1.82) is 0 Å². The first kappa shape index (κ1) is 29.5. The lowest BCUT2D eigenvalue weighted by Gasteiger charge is -2.59.